The van der Waals surface area contributed by atoms with Gasteiger partial charge in [0.2, 0.25) is 0 Å². The number of fused-ring (bicyclic) bond motifs is 1. The maximum atomic E-state index is 12.7. The molecule has 4 N–H and O–H groups in total. The minimum Gasteiger partial charge on any atom is -0.399 e. The summed E-state index contributed by atoms with van der Waals surface area (Å²) in [6.45, 7) is 3.12. The van der Waals surface area contributed by atoms with Crippen LogP contribution in [0.5, 0.6) is 0 Å². The van der Waals surface area contributed by atoms with Crippen LogP contribution < -0.4 is 5.73 Å². The molecule has 1 aliphatic heterocycles. The van der Waals surface area contributed by atoms with Gasteiger partial charge in [0.25, 0.3) is 5.91 Å². The standard InChI is InChI=1S/C16H21N3O2/c1-16(21)5-2-7-19(8-6-16)15(20)13-10-18-14-9-11(17)3-4-12(13)14/h3-4,9-10,18,21H,2,5-8,17H2,1H3. The molecular weight excluding hydrogens is 266 g/mol. The first-order chi connectivity index (χ1) is 9.96. The summed E-state index contributed by atoms with van der Waals surface area (Å²) in [5, 5.41) is 11.0. The van der Waals surface area contributed by atoms with Crippen LogP contribution in [0.15, 0.2) is 24.4 Å². The van der Waals surface area contributed by atoms with Crippen molar-refractivity contribution in [2.45, 2.75) is 31.8 Å². The van der Waals surface area contributed by atoms with Crippen molar-refractivity contribution in [1.29, 1.82) is 0 Å². The molecule has 5 nitrogen and oxygen atoms in total. The highest BCUT2D eigenvalue weighted by atomic mass is 16.3. The van der Waals surface area contributed by atoms with Crippen molar-refractivity contribution >= 4 is 22.5 Å². The Balaban J connectivity index is 1.87. The van der Waals surface area contributed by atoms with E-state index in [9.17, 15) is 9.90 Å². The topological polar surface area (TPSA) is 82.3 Å². The van der Waals surface area contributed by atoms with E-state index in [0.717, 1.165) is 23.7 Å². The molecule has 112 valence electrons. The number of nitrogen functional groups attached to an aromatic ring is 1. The molecule has 5 heteroatoms. The van der Waals surface area contributed by atoms with Crippen molar-refractivity contribution in [3.05, 3.63) is 30.0 Å². The lowest BCUT2D eigenvalue weighted by atomic mass is 9.98. The molecule has 1 atom stereocenters. The number of hydrogen-bond acceptors (Lipinski definition) is 3. The lowest BCUT2D eigenvalue weighted by molar-refractivity contribution is 0.0438. The van der Waals surface area contributed by atoms with Gasteiger partial charge < -0.3 is 20.7 Å². The van der Waals surface area contributed by atoms with Crippen LogP contribution in [0.3, 0.4) is 0 Å². The Labute approximate surface area is 123 Å². The molecule has 21 heavy (non-hydrogen) atoms. The van der Waals surface area contributed by atoms with E-state index in [1.807, 2.05) is 24.0 Å². The van der Waals surface area contributed by atoms with Gasteiger partial charge in [-0.15, -0.1) is 0 Å². The summed E-state index contributed by atoms with van der Waals surface area (Å²) in [5.41, 5.74) is 7.32. The fourth-order valence-corrected chi connectivity index (χ4v) is 2.96. The Morgan fingerprint density at radius 2 is 2.19 bits per heavy atom. The van der Waals surface area contributed by atoms with Gasteiger partial charge >= 0.3 is 0 Å². The third-order valence-electron chi connectivity index (χ3n) is 4.29. The summed E-state index contributed by atoms with van der Waals surface area (Å²) in [7, 11) is 0. The summed E-state index contributed by atoms with van der Waals surface area (Å²) in [6, 6.07) is 5.52. The lowest BCUT2D eigenvalue weighted by Crippen LogP contribution is -2.33. The normalized spacial score (nSPS) is 23.2. The number of carbonyl (C=O) groups is 1. The first-order valence-corrected chi connectivity index (χ1v) is 7.34. The Kier molecular flexibility index (Phi) is 3.37. The molecule has 2 heterocycles. The van der Waals surface area contributed by atoms with E-state index in [2.05, 4.69) is 4.98 Å². The molecule has 1 saturated heterocycles. The third-order valence-corrected chi connectivity index (χ3v) is 4.29. The number of carbonyl (C=O) groups excluding carboxylic acids is 1. The van der Waals surface area contributed by atoms with Crippen LogP contribution in [0.2, 0.25) is 0 Å². The molecule has 0 aliphatic carbocycles. The number of hydrogen-bond donors (Lipinski definition) is 3. The van der Waals surface area contributed by atoms with E-state index in [-0.39, 0.29) is 5.91 Å². The van der Waals surface area contributed by atoms with Crippen LogP contribution in [0.4, 0.5) is 5.69 Å². The molecule has 1 amide bonds. The Morgan fingerprint density at radius 1 is 1.38 bits per heavy atom. The first kappa shape index (κ1) is 13.9. The number of rotatable bonds is 1. The monoisotopic (exact) mass is 287 g/mol. The zero-order valence-electron chi connectivity index (χ0n) is 12.2. The molecule has 1 aliphatic rings. The first-order valence-electron chi connectivity index (χ1n) is 7.34. The fraction of sp³-hybridized carbons (Fsp3) is 0.438. The number of likely N-dealkylation sites (tertiary alicyclic amines) is 1. The fourth-order valence-electron chi connectivity index (χ4n) is 2.96. The Hall–Kier alpha value is -2.01. The number of aromatic amines is 1. The number of benzene rings is 1. The highest BCUT2D eigenvalue weighted by molar-refractivity contribution is 6.07. The second kappa shape index (κ2) is 5.07. The van der Waals surface area contributed by atoms with E-state index in [4.69, 9.17) is 5.73 Å². The maximum absolute atomic E-state index is 12.7. The van der Waals surface area contributed by atoms with Crippen molar-refractivity contribution in [3.63, 3.8) is 0 Å². The highest BCUT2D eigenvalue weighted by Gasteiger charge is 2.28. The van der Waals surface area contributed by atoms with Crippen LogP contribution in [0, 0.1) is 0 Å². The van der Waals surface area contributed by atoms with Gasteiger partial charge in [0.15, 0.2) is 0 Å². The van der Waals surface area contributed by atoms with Gasteiger partial charge in [-0.05, 0) is 44.4 Å². The minimum absolute atomic E-state index is 0.0173. The van der Waals surface area contributed by atoms with Crippen LogP contribution in [0.25, 0.3) is 10.9 Å². The number of H-pyrrole nitrogens is 1. The SMILES string of the molecule is CC1(O)CCCN(C(=O)c2c[nH]c3cc(N)ccc23)CC1. The molecule has 1 unspecified atom stereocenters. The van der Waals surface area contributed by atoms with Crippen molar-refractivity contribution in [1.82, 2.24) is 9.88 Å². The number of aliphatic hydroxyl groups is 1. The van der Waals surface area contributed by atoms with E-state index < -0.39 is 5.60 Å². The Morgan fingerprint density at radius 3 is 3.00 bits per heavy atom. The molecule has 0 radical (unpaired) electrons. The van der Waals surface area contributed by atoms with Gasteiger partial charge in [-0.25, -0.2) is 0 Å². The van der Waals surface area contributed by atoms with E-state index >= 15 is 0 Å². The van der Waals surface area contributed by atoms with E-state index in [1.165, 1.54) is 0 Å². The second-order valence-electron chi connectivity index (χ2n) is 6.15. The highest BCUT2D eigenvalue weighted by Crippen LogP contribution is 2.25. The zero-order chi connectivity index (χ0) is 15.0. The smallest absolute Gasteiger partial charge is 0.256 e. The van der Waals surface area contributed by atoms with Crippen molar-refractivity contribution < 1.29 is 9.90 Å². The lowest BCUT2D eigenvalue weighted by Gasteiger charge is -2.22. The number of nitrogens with zero attached hydrogens (tertiary/aromatic N) is 1. The molecule has 0 spiro atoms. The predicted octanol–water partition coefficient (Wildman–Crippen LogP) is 2.13. The molecule has 2 aromatic rings. The average Bonchev–Trinajstić information content (AvgIpc) is 2.75. The summed E-state index contributed by atoms with van der Waals surface area (Å²) < 4.78 is 0. The zero-order valence-corrected chi connectivity index (χ0v) is 12.2. The summed E-state index contributed by atoms with van der Waals surface area (Å²) in [4.78, 5) is 17.7. The molecular formula is C16H21N3O2. The van der Waals surface area contributed by atoms with Crippen LogP contribution in [-0.2, 0) is 0 Å². The molecule has 0 bridgehead atoms. The van der Waals surface area contributed by atoms with Gasteiger partial charge in [0, 0.05) is 35.9 Å². The largest absolute Gasteiger partial charge is 0.399 e. The van der Waals surface area contributed by atoms with Gasteiger partial charge in [0.1, 0.15) is 0 Å². The number of amides is 1. The summed E-state index contributed by atoms with van der Waals surface area (Å²) in [5.74, 6) is 0.0173. The number of anilines is 1. The van der Waals surface area contributed by atoms with Crippen molar-refractivity contribution in [2.24, 2.45) is 0 Å². The van der Waals surface area contributed by atoms with Crippen LogP contribution in [0.1, 0.15) is 36.5 Å². The molecule has 1 fully saturated rings. The van der Waals surface area contributed by atoms with Crippen molar-refractivity contribution in [2.75, 3.05) is 18.8 Å². The van der Waals surface area contributed by atoms with Gasteiger partial charge in [-0.1, -0.05) is 0 Å². The molecule has 3 rings (SSSR count). The van der Waals surface area contributed by atoms with E-state index in [1.54, 1.807) is 12.3 Å². The van der Waals surface area contributed by atoms with Gasteiger partial charge in [0.05, 0.1) is 11.2 Å². The number of aromatic nitrogens is 1. The summed E-state index contributed by atoms with van der Waals surface area (Å²) >= 11 is 0. The van der Waals surface area contributed by atoms with Gasteiger partial charge in [-0.2, -0.15) is 0 Å². The third kappa shape index (κ3) is 2.74. The van der Waals surface area contributed by atoms with E-state index in [0.29, 0.717) is 30.8 Å². The maximum Gasteiger partial charge on any atom is 0.256 e. The predicted molar refractivity (Wildman–Crippen MR) is 83.1 cm³/mol. The van der Waals surface area contributed by atoms with Gasteiger partial charge in [-0.3, -0.25) is 4.79 Å². The number of nitrogens with two attached hydrogens (primary N) is 1. The number of nitrogens with one attached hydrogen (secondary N) is 1. The molecule has 1 aromatic carbocycles. The second-order valence-corrected chi connectivity index (χ2v) is 6.15. The quantitative estimate of drug-likeness (QED) is 0.703. The van der Waals surface area contributed by atoms with Crippen LogP contribution in [-0.4, -0.2) is 39.6 Å². The molecule has 0 saturated carbocycles. The van der Waals surface area contributed by atoms with Crippen LogP contribution >= 0.6 is 0 Å². The minimum atomic E-state index is -0.663. The average molecular weight is 287 g/mol. The summed E-state index contributed by atoms with van der Waals surface area (Å²) in [6.07, 6.45) is 3.93. The molecule has 1 aromatic heterocycles. The Bertz CT molecular complexity index is 675. The van der Waals surface area contributed by atoms with Crippen molar-refractivity contribution in [3.8, 4) is 0 Å².